The molecule has 0 fully saturated rings. The summed E-state index contributed by atoms with van der Waals surface area (Å²) in [6.07, 6.45) is 0. The SMILES string of the molecule is CN(C)CCN(C(=O)c1ccc([N+](=O)[O-])cc1)c1nc2c(F)cc(F)cc2s1. The van der Waals surface area contributed by atoms with E-state index >= 15 is 0 Å². The molecular weight excluding hydrogens is 390 g/mol. The van der Waals surface area contributed by atoms with Crippen LogP contribution in [0.25, 0.3) is 10.2 Å². The fourth-order valence-corrected chi connectivity index (χ4v) is 3.56. The van der Waals surface area contributed by atoms with Crippen LogP contribution < -0.4 is 4.90 Å². The van der Waals surface area contributed by atoms with Crippen molar-refractivity contribution in [3.63, 3.8) is 0 Å². The fourth-order valence-electron chi connectivity index (χ4n) is 2.53. The van der Waals surface area contributed by atoms with Crippen LogP contribution in [0.5, 0.6) is 0 Å². The van der Waals surface area contributed by atoms with Gasteiger partial charge < -0.3 is 4.90 Å². The molecular formula is C18H16F2N4O3S. The molecule has 146 valence electrons. The third-order valence-electron chi connectivity index (χ3n) is 3.97. The van der Waals surface area contributed by atoms with E-state index in [1.54, 1.807) is 0 Å². The Bertz CT molecular complexity index is 1040. The van der Waals surface area contributed by atoms with Gasteiger partial charge in [0.2, 0.25) is 0 Å². The first-order chi connectivity index (χ1) is 13.3. The summed E-state index contributed by atoms with van der Waals surface area (Å²) in [5, 5.41) is 11.0. The van der Waals surface area contributed by atoms with E-state index in [9.17, 15) is 23.7 Å². The minimum absolute atomic E-state index is 0.00671. The Labute approximate surface area is 163 Å². The van der Waals surface area contributed by atoms with Crippen LogP contribution in [-0.2, 0) is 0 Å². The summed E-state index contributed by atoms with van der Waals surface area (Å²) in [5.74, 6) is -1.95. The Hall–Kier alpha value is -2.98. The van der Waals surface area contributed by atoms with Crippen molar-refractivity contribution in [2.45, 2.75) is 0 Å². The van der Waals surface area contributed by atoms with Gasteiger partial charge in [-0.05, 0) is 32.3 Å². The van der Waals surface area contributed by atoms with Crippen LogP contribution in [-0.4, -0.2) is 47.9 Å². The summed E-state index contributed by atoms with van der Waals surface area (Å²) in [7, 11) is 3.67. The van der Waals surface area contributed by atoms with Crippen LogP contribution in [0.15, 0.2) is 36.4 Å². The Morgan fingerprint density at radius 1 is 1.18 bits per heavy atom. The van der Waals surface area contributed by atoms with Crippen LogP contribution in [0.2, 0.25) is 0 Å². The number of nitro benzene ring substituents is 1. The van der Waals surface area contributed by atoms with Gasteiger partial charge in [0, 0.05) is 36.9 Å². The number of rotatable bonds is 6. The zero-order valence-electron chi connectivity index (χ0n) is 15.1. The number of aromatic nitrogens is 1. The van der Waals surface area contributed by atoms with E-state index in [4.69, 9.17) is 0 Å². The van der Waals surface area contributed by atoms with E-state index in [0.717, 1.165) is 17.4 Å². The summed E-state index contributed by atoms with van der Waals surface area (Å²) in [4.78, 5) is 30.7. The van der Waals surface area contributed by atoms with Crippen LogP contribution in [0, 0.1) is 21.7 Å². The standard InChI is InChI=1S/C18H16F2N4O3S/c1-22(2)7-8-23(17(25)11-3-5-13(6-4-11)24(26)27)18-21-16-14(20)9-12(19)10-15(16)28-18/h3-6,9-10H,7-8H2,1-2H3. The van der Waals surface area contributed by atoms with Crippen molar-refractivity contribution in [3.8, 4) is 0 Å². The minimum atomic E-state index is -0.798. The van der Waals surface area contributed by atoms with Gasteiger partial charge in [0.15, 0.2) is 10.9 Å². The summed E-state index contributed by atoms with van der Waals surface area (Å²) >= 11 is 1.00. The highest BCUT2D eigenvalue weighted by molar-refractivity contribution is 7.22. The molecule has 0 spiro atoms. The Morgan fingerprint density at radius 2 is 1.86 bits per heavy atom. The lowest BCUT2D eigenvalue weighted by Gasteiger charge is -2.22. The molecule has 0 atom stereocenters. The fraction of sp³-hybridized carbons (Fsp3) is 0.222. The Morgan fingerprint density at radius 3 is 2.46 bits per heavy atom. The maximum absolute atomic E-state index is 14.0. The number of hydrogen-bond donors (Lipinski definition) is 0. The molecule has 10 heteroatoms. The normalized spacial score (nSPS) is 11.2. The topological polar surface area (TPSA) is 79.6 Å². The number of anilines is 1. The number of carbonyl (C=O) groups excluding carboxylic acids is 1. The van der Waals surface area contributed by atoms with Crippen molar-refractivity contribution < 1.29 is 18.5 Å². The Balaban J connectivity index is 1.99. The molecule has 0 saturated carbocycles. The first-order valence-corrected chi connectivity index (χ1v) is 9.04. The number of benzene rings is 2. The molecule has 0 aliphatic rings. The number of thiazole rings is 1. The second-order valence-corrected chi connectivity index (χ2v) is 7.30. The van der Waals surface area contributed by atoms with Crippen LogP contribution >= 0.6 is 11.3 Å². The van der Waals surface area contributed by atoms with Crippen LogP contribution in [0.4, 0.5) is 19.6 Å². The van der Waals surface area contributed by atoms with E-state index < -0.39 is 22.5 Å². The first-order valence-electron chi connectivity index (χ1n) is 8.23. The van der Waals surface area contributed by atoms with Gasteiger partial charge in [-0.2, -0.15) is 0 Å². The molecule has 0 aliphatic heterocycles. The molecule has 3 rings (SSSR count). The number of fused-ring (bicyclic) bond motifs is 1. The zero-order chi connectivity index (χ0) is 20.4. The lowest BCUT2D eigenvalue weighted by atomic mass is 10.2. The summed E-state index contributed by atoms with van der Waals surface area (Å²) < 4.78 is 27.8. The van der Waals surface area contributed by atoms with Crippen LogP contribution in [0.3, 0.4) is 0 Å². The molecule has 0 radical (unpaired) electrons. The predicted octanol–water partition coefficient (Wildman–Crippen LogP) is 3.69. The maximum atomic E-state index is 14.0. The smallest absolute Gasteiger partial charge is 0.269 e. The van der Waals surface area contributed by atoms with Gasteiger partial charge in [0.1, 0.15) is 11.3 Å². The highest BCUT2D eigenvalue weighted by Gasteiger charge is 2.23. The number of likely N-dealkylation sites (N-methyl/N-ethyl adjacent to an activating group) is 1. The first kappa shape index (κ1) is 19.8. The average molecular weight is 406 g/mol. The maximum Gasteiger partial charge on any atom is 0.269 e. The van der Waals surface area contributed by atoms with Gasteiger partial charge in [-0.25, -0.2) is 13.8 Å². The molecule has 2 aromatic carbocycles. The van der Waals surface area contributed by atoms with Gasteiger partial charge >= 0.3 is 0 Å². The average Bonchev–Trinajstić information content (AvgIpc) is 3.05. The molecule has 0 unspecified atom stereocenters. The predicted molar refractivity (Wildman–Crippen MR) is 103 cm³/mol. The zero-order valence-corrected chi connectivity index (χ0v) is 15.9. The third kappa shape index (κ3) is 4.12. The minimum Gasteiger partial charge on any atom is -0.308 e. The van der Waals surface area contributed by atoms with Crippen molar-refractivity contribution in [3.05, 3.63) is 63.7 Å². The van der Waals surface area contributed by atoms with Gasteiger partial charge in [0.25, 0.3) is 11.6 Å². The molecule has 0 aliphatic carbocycles. The number of amides is 1. The van der Waals surface area contributed by atoms with Gasteiger partial charge in [-0.3, -0.25) is 19.8 Å². The quantitative estimate of drug-likeness (QED) is 0.461. The summed E-state index contributed by atoms with van der Waals surface area (Å²) in [6.45, 7) is 0.762. The van der Waals surface area contributed by atoms with Crippen molar-refractivity contribution in [2.75, 3.05) is 32.1 Å². The van der Waals surface area contributed by atoms with Gasteiger partial charge in [0.05, 0.1) is 9.62 Å². The highest BCUT2D eigenvalue weighted by Crippen LogP contribution is 2.32. The van der Waals surface area contributed by atoms with Crippen LogP contribution in [0.1, 0.15) is 10.4 Å². The summed E-state index contributed by atoms with van der Waals surface area (Å²) in [5.41, 5.74) is 0.0944. The molecule has 7 nitrogen and oxygen atoms in total. The van der Waals surface area contributed by atoms with Gasteiger partial charge in [-0.15, -0.1) is 0 Å². The largest absolute Gasteiger partial charge is 0.308 e. The molecule has 1 amide bonds. The van der Waals surface area contributed by atoms with E-state index in [1.807, 2.05) is 19.0 Å². The number of non-ortho nitro benzene ring substituents is 1. The number of carbonyl (C=O) groups is 1. The second-order valence-electron chi connectivity index (χ2n) is 6.29. The molecule has 0 N–H and O–H groups in total. The molecule has 0 bridgehead atoms. The number of halogens is 2. The van der Waals surface area contributed by atoms with E-state index in [-0.39, 0.29) is 28.4 Å². The third-order valence-corrected chi connectivity index (χ3v) is 5.00. The molecule has 1 aromatic heterocycles. The lowest BCUT2D eigenvalue weighted by molar-refractivity contribution is -0.384. The molecule has 1 heterocycles. The van der Waals surface area contributed by atoms with Crippen molar-refractivity contribution in [1.29, 1.82) is 0 Å². The molecule has 28 heavy (non-hydrogen) atoms. The highest BCUT2D eigenvalue weighted by atomic mass is 32.1. The summed E-state index contributed by atoms with van der Waals surface area (Å²) in [6, 6.07) is 7.11. The number of nitrogens with zero attached hydrogens (tertiary/aromatic N) is 4. The molecule has 3 aromatic rings. The van der Waals surface area contributed by atoms with Crippen molar-refractivity contribution in [1.82, 2.24) is 9.88 Å². The number of hydrogen-bond acceptors (Lipinski definition) is 6. The van der Waals surface area contributed by atoms with Crippen molar-refractivity contribution >= 4 is 38.3 Å². The Kier molecular flexibility index (Phi) is 5.61. The van der Waals surface area contributed by atoms with E-state index in [0.29, 0.717) is 11.2 Å². The van der Waals surface area contributed by atoms with E-state index in [2.05, 4.69) is 4.98 Å². The van der Waals surface area contributed by atoms with Gasteiger partial charge in [-0.1, -0.05) is 11.3 Å². The van der Waals surface area contributed by atoms with Crippen molar-refractivity contribution in [2.24, 2.45) is 0 Å². The lowest BCUT2D eigenvalue weighted by Crippen LogP contribution is -2.36. The number of nitro groups is 1. The monoisotopic (exact) mass is 406 g/mol. The molecule has 0 saturated heterocycles. The second kappa shape index (κ2) is 7.95. The van der Waals surface area contributed by atoms with E-state index in [1.165, 1.54) is 35.2 Å².